The van der Waals surface area contributed by atoms with Gasteiger partial charge in [0.1, 0.15) is 11.6 Å². The van der Waals surface area contributed by atoms with Crippen molar-refractivity contribution in [1.29, 1.82) is 5.26 Å². The minimum atomic E-state index is 0.0720. The van der Waals surface area contributed by atoms with Crippen molar-refractivity contribution in [3.63, 3.8) is 0 Å². The Labute approximate surface area is 140 Å². The summed E-state index contributed by atoms with van der Waals surface area (Å²) in [6.45, 7) is 2.87. The zero-order valence-electron chi connectivity index (χ0n) is 13.3. The van der Waals surface area contributed by atoms with Gasteiger partial charge in [-0.3, -0.25) is 4.79 Å². The summed E-state index contributed by atoms with van der Waals surface area (Å²) in [4.78, 5) is 21.0. The van der Waals surface area contributed by atoms with Crippen LogP contribution in [0.25, 0.3) is 0 Å². The van der Waals surface area contributed by atoms with Crippen molar-refractivity contribution < 1.29 is 9.21 Å². The third kappa shape index (κ3) is 2.73. The normalized spacial score (nSPS) is 23.0. The highest BCUT2D eigenvalue weighted by molar-refractivity contribution is 5.83. The molecular formula is C18H18N4O2. The number of anilines is 1. The number of carbonyl (C=O) groups excluding carboxylic acids is 1. The van der Waals surface area contributed by atoms with Crippen molar-refractivity contribution in [2.75, 3.05) is 31.1 Å². The monoisotopic (exact) mass is 322 g/mol. The van der Waals surface area contributed by atoms with Gasteiger partial charge in [-0.1, -0.05) is 0 Å². The van der Waals surface area contributed by atoms with Crippen LogP contribution in [0.3, 0.4) is 0 Å². The Hall–Kier alpha value is -2.81. The number of furan rings is 1. The molecule has 6 nitrogen and oxygen atoms in total. The largest absolute Gasteiger partial charge is 0.469 e. The van der Waals surface area contributed by atoms with Crippen LogP contribution < -0.4 is 4.90 Å². The van der Waals surface area contributed by atoms with Crippen LogP contribution in [0.15, 0.2) is 41.1 Å². The van der Waals surface area contributed by atoms with Crippen molar-refractivity contribution >= 4 is 11.7 Å². The number of rotatable bonds is 3. The predicted octanol–water partition coefficient (Wildman–Crippen LogP) is 2.00. The molecule has 1 amide bonds. The fourth-order valence-corrected chi connectivity index (χ4v) is 3.34. The van der Waals surface area contributed by atoms with E-state index < -0.39 is 0 Å². The molecule has 1 saturated heterocycles. The van der Waals surface area contributed by atoms with Gasteiger partial charge in [0.2, 0.25) is 5.91 Å². The van der Waals surface area contributed by atoms with Crippen molar-refractivity contribution in [3.05, 3.63) is 48.0 Å². The zero-order valence-corrected chi connectivity index (χ0v) is 13.3. The van der Waals surface area contributed by atoms with Gasteiger partial charge < -0.3 is 14.2 Å². The number of pyridine rings is 1. The Kier molecular flexibility index (Phi) is 3.69. The van der Waals surface area contributed by atoms with Gasteiger partial charge >= 0.3 is 0 Å². The van der Waals surface area contributed by atoms with Crippen LogP contribution in [-0.2, 0) is 4.79 Å². The molecule has 4 rings (SSSR count). The molecule has 0 aromatic carbocycles. The number of hydrogen-bond acceptors (Lipinski definition) is 5. The lowest BCUT2D eigenvalue weighted by atomic mass is 10.2. The maximum absolute atomic E-state index is 12.6. The van der Waals surface area contributed by atoms with E-state index in [9.17, 15) is 4.79 Å². The van der Waals surface area contributed by atoms with Gasteiger partial charge in [0.25, 0.3) is 0 Å². The Morgan fingerprint density at radius 2 is 2.12 bits per heavy atom. The molecule has 6 heteroatoms. The first kappa shape index (κ1) is 14.8. The van der Waals surface area contributed by atoms with Crippen LogP contribution >= 0.6 is 0 Å². The Balaban J connectivity index is 1.35. The summed E-state index contributed by atoms with van der Waals surface area (Å²) in [6, 6.07) is 9.45. The topological polar surface area (TPSA) is 73.4 Å². The minimum Gasteiger partial charge on any atom is -0.469 e. The van der Waals surface area contributed by atoms with Crippen LogP contribution in [0.2, 0.25) is 0 Å². The van der Waals surface area contributed by atoms with E-state index >= 15 is 0 Å². The average Bonchev–Trinajstić information content (AvgIpc) is 3.26. The maximum atomic E-state index is 12.6. The Morgan fingerprint density at radius 1 is 1.29 bits per heavy atom. The van der Waals surface area contributed by atoms with E-state index in [-0.39, 0.29) is 17.7 Å². The van der Waals surface area contributed by atoms with Crippen LogP contribution in [-0.4, -0.2) is 42.0 Å². The second-order valence-corrected chi connectivity index (χ2v) is 6.29. The second kappa shape index (κ2) is 6.00. The van der Waals surface area contributed by atoms with E-state index in [2.05, 4.69) is 16.0 Å². The Bertz CT molecular complexity index is 773. The van der Waals surface area contributed by atoms with Gasteiger partial charge in [-0.05, 0) is 30.7 Å². The summed E-state index contributed by atoms with van der Waals surface area (Å²) in [5.74, 6) is 2.28. The molecular weight excluding hydrogens is 304 g/mol. The number of amides is 1. The molecule has 2 atom stereocenters. The molecule has 0 unspecified atom stereocenters. The maximum Gasteiger partial charge on any atom is 0.226 e. The van der Waals surface area contributed by atoms with Gasteiger partial charge in [-0.2, -0.15) is 5.26 Å². The minimum absolute atomic E-state index is 0.0720. The average molecular weight is 322 g/mol. The first-order chi connectivity index (χ1) is 11.8. The van der Waals surface area contributed by atoms with E-state index in [1.165, 1.54) is 0 Å². The highest BCUT2D eigenvalue weighted by atomic mass is 16.3. The number of nitriles is 1. The molecule has 0 bridgehead atoms. The first-order valence-corrected chi connectivity index (χ1v) is 8.19. The standard InChI is InChI=1S/C18H18N4O2/c19-12-13-3-4-20-17(10-13)21-5-7-22(8-6-21)18(23)15-11-14(15)16-2-1-9-24-16/h1-4,9-10,14-15H,5-8,11H2/t14-,15+/m0/s1. The smallest absolute Gasteiger partial charge is 0.226 e. The van der Waals surface area contributed by atoms with Gasteiger partial charge in [0.05, 0.1) is 17.9 Å². The van der Waals surface area contributed by atoms with Gasteiger partial charge in [-0.15, -0.1) is 0 Å². The van der Waals surface area contributed by atoms with Gasteiger partial charge in [0, 0.05) is 44.2 Å². The van der Waals surface area contributed by atoms with Gasteiger partial charge in [-0.25, -0.2) is 4.98 Å². The van der Waals surface area contributed by atoms with Crippen LogP contribution in [0.4, 0.5) is 5.82 Å². The predicted molar refractivity (Wildman–Crippen MR) is 87.3 cm³/mol. The van der Waals surface area contributed by atoms with E-state index in [0.29, 0.717) is 18.7 Å². The highest BCUT2D eigenvalue weighted by Gasteiger charge is 2.47. The molecule has 0 N–H and O–H groups in total. The van der Waals surface area contributed by atoms with Crippen molar-refractivity contribution in [3.8, 4) is 6.07 Å². The number of nitrogens with zero attached hydrogens (tertiary/aromatic N) is 4. The summed E-state index contributed by atoms with van der Waals surface area (Å²) < 4.78 is 5.41. The van der Waals surface area contributed by atoms with Crippen molar-refractivity contribution in [1.82, 2.24) is 9.88 Å². The van der Waals surface area contributed by atoms with Gasteiger partial charge in [0.15, 0.2) is 0 Å². The van der Waals surface area contributed by atoms with Crippen molar-refractivity contribution in [2.24, 2.45) is 5.92 Å². The molecule has 122 valence electrons. The molecule has 0 radical (unpaired) electrons. The summed E-state index contributed by atoms with van der Waals surface area (Å²) in [5, 5.41) is 8.99. The number of hydrogen-bond donors (Lipinski definition) is 0. The lowest BCUT2D eigenvalue weighted by Gasteiger charge is -2.35. The molecule has 2 aliphatic rings. The lowest BCUT2D eigenvalue weighted by molar-refractivity contribution is -0.133. The third-order valence-electron chi connectivity index (χ3n) is 4.81. The fourth-order valence-electron chi connectivity index (χ4n) is 3.34. The van der Waals surface area contributed by atoms with E-state index in [1.54, 1.807) is 24.6 Å². The molecule has 24 heavy (non-hydrogen) atoms. The van der Waals surface area contributed by atoms with E-state index in [4.69, 9.17) is 9.68 Å². The molecule has 1 aliphatic carbocycles. The molecule has 0 spiro atoms. The Morgan fingerprint density at radius 3 is 2.83 bits per heavy atom. The summed E-state index contributed by atoms with van der Waals surface area (Å²) in [6.07, 6.45) is 4.21. The highest BCUT2D eigenvalue weighted by Crippen LogP contribution is 2.48. The van der Waals surface area contributed by atoms with E-state index in [1.807, 2.05) is 17.0 Å². The number of aromatic nitrogens is 1. The SMILES string of the molecule is N#Cc1ccnc(N2CCN(C(=O)[C@@H]3C[C@@H]3c3ccco3)CC2)c1. The molecule has 2 aromatic rings. The first-order valence-electron chi connectivity index (χ1n) is 8.19. The summed E-state index contributed by atoms with van der Waals surface area (Å²) in [5.41, 5.74) is 0.609. The lowest BCUT2D eigenvalue weighted by Crippen LogP contribution is -2.49. The molecule has 2 fully saturated rings. The molecule has 1 aliphatic heterocycles. The second-order valence-electron chi connectivity index (χ2n) is 6.29. The van der Waals surface area contributed by atoms with Crippen molar-refractivity contribution in [2.45, 2.75) is 12.3 Å². The van der Waals surface area contributed by atoms with Crippen LogP contribution in [0.1, 0.15) is 23.7 Å². The molecule has 3 heterocycles. The third-order valence-corrected chi connectivity index (χ3v) is 4.81. The fraction of sp³-hybridized carbons (Fsp3) is 0.389. The zero-order chi connectivity index (χ0) is 16.5. The van der Waals surface area contributed by atoms with Crippen LogP contribution in [0.5, 0.6) is 0 Å². The summed E-state index contributed by atoms with van der Waals surface area (Å²) in [7, 11) is 0. The van der Waals surface area contributed by atoms with Crippen LogP contribution in [0, 0.1) is 17.2 Å². The van der Waals surface area contributed by atoms with E-state index in [0.717, 1.165) is 31.1 Å². The number of piperazine rings is 1. The quantitative estimate of drug-likeness (QED) is 0.864. The summed E-state index contributed by atoms with van der Waals surface area (Å²) >= 11 is 0. The molecule has 1 saturated carbocycles. The number of carbonyl (C=O) groups is 1. The molecule has 2 aromatic heterocycles.